The quantitative estimate of drug-likeness (QED) is 0.862. The van der Waals surface area contributed by atoms with E-state index in [0.29, 0.717) is 6.07 Å². The van der Waals surface area contributed by atoms with Gasteiger partial charge in [-0.15, -0.1) is 11.3 Å². The van der Waals surface area contributed by atoms with Gasteiger partial charge in [-0.25, -0.2) is 13.4 Å². The van der Waals surface area contributed by atoms with Gasteiger partial charge in [-0.3, -0.25) is 5.10 Å². The topological polar surface area (TPSA) is 75.7 Å². The molecule has 0 aliphatic heterocycles. The molecule has 0 fully saturated rings. The Kier molecular flexibility index (Phi) is 3.78. The minimum atomic E-state index is -5.74. The lowest BCUT2D eigenvalue weighted by Gasteiger charge is -2.17. The van der Waals surface area contributed by atoms with Gasteiger partial charge in [0.05, 0.1) is 10.6 Å². The van der Waals surface area contributed by atoms with E-state index >= 15 is 0 Å². The fourth-order valence-electron chi connectivity index (χ4n) is 1.36. The van der Waals surface area contributed by atoms with Crippen LogP contribution in [0.4, 0.5) is 22.0 Å². The number of thiophene rings is 1. The van der Waals surface area contributed by atoms with Crippen molar-refractivity contribution in [2.45, 2.75) is 23.0 Å². The number of alkyl halides is 5. The first kappa shape index (κ1) is 15.8. The van der Waals surface area contributed by atoms with Gasteiger partial charge >= 0.3 is 12.1 Å². The molecule has 0 saturated carbocycles. The SMILES string of the molecule is O=S(=O)(Cc1ccc(C(F)(F)C(F)(F)F)s1)c1ncn[nH]1. The van der Waals surface area contributed by atoms with E-state index in [0.717, 1.165) is 12.4 Å². The number of halogens is 5. The Hall–Kier alpha value is -1.56. The summed E-state index contributed by atoms with van der Waals surface area (Å²) in [4.78, 5) is 1.97. The number of aromatic amines is 1. The summed E-state index contributed by atoms with van der Waals surface area (Å²) in [6.45, 7) is 0. The normalized spacial score (nSPS) is 13.6. The van der Waals surface area contributed by atoms with Crippen molar-refractivity contribution in [3.8, 4) is 0 Å². The average molecular weight is 347 g/mol. The first-order valence-corrected chi connectivity index (χ1v) is 7.63. The first-order chi connectivity index (χ1) is 9.54. The average Bonchev–Trinajstić information content (AvgIpc) is 2.96. The Morgan fingerprint density at radius 3 is 2.38 bits per heavy atom. The van der Waals surface area contributed by atoms with Crippen LogP contribution in [0.15, 0.2) is 23.6 Å². The fraction of sp³-hybridized carbons (Fsp3) is 0.333. The maximum atomic E-state index is 13.1. The molecule has 0 spiro atoms. The van der Waals surface area contributed by atoms with E-state index in [1.165, 1.54) is 0 Å². The van der Waals surface area contributed by atoms with Crippen molar-refractivity contribution in [2.75, 3.05) is 0 Å². The molecule has 0 radical (unpaired) electrons. The van der Waals surface area contributed by atoms with Gasteiger partial charge in [0.1, 0.15) is 6.33 Å². The van der Waals surface area contributed by atoms with Crippen molar-refractivity contribution in [1.29, 1.82) is 0 Å². The number of nitrogens with one attached hydrogen (secondary N) is 1. The number of nitrogens with zero attached hydrogens (tertiary/aromatic N) is 2. The van der Waals surface area contributed by atoms with Crippen LogP contribution in [0.1, 0.15) is 9.75 Å². The summed E-state index contributed by atoms with van der Waals surface area (Å²) in [5.74, 6) is -5.77. The van der Waals surface area contributed by atoms with Gasteiger partial charge in [0.25, 0.3) is 0 Å². The second-order valence-corrected chi connectivity index (χ2v) is 6.96. The van der Waals surface area contributed by atoms with Gasteiger partial charge in [0, 0.05) is 4.88 Å². The number of sulfone groups is 1. The Labute approximate surface area is 118 Å². The van der Waals surface area contributed by atoms with Crippen LogP contribution < -0.4 is 0 Å². The van der Waals surface area contributed by atoms with Crippen molar-refractivity contribution >= 4 is 21.2 Å². The molecule has 0 bridgehead atoms. The lowest BCUT2D eigenvalue weighted by atomic mass is 10.2. The molecule has 0 saturated heterocycles. The molecule has 12 heteroatoms. The molecule has 2 rings (SSSR count). The number of hydrogen-bond acceptors (Lipinski definition) is 5. The van der Waals surface area contributed by atoms with Crippen LogP contribution in [0.5, 0.6) is 0 Å². The minimum absolute atomic E-state index is 0.0796. The van der Waals surface area contributed by atoms with E-state index in [9.17, 15) is 30.4 Å². The lowest BCUT2D eigenvalue weighted by Crippen LogP contribution is -2.32. The highest BCUT2D eigenvalue weighted by Crippen LogP contribution is 2.46. The van der Waals surface area contributed by atoms with Crippen molar-refractivity contribution in [2.24, 2.45) is 0 Å². The van der Waals surface area contributed by atoms with Gasteiger partial charge < -0.3 is 0 Å². The molecular weight excluding hydrogens is 341 g/mol. The van der Waals surface area contributed by atoms with Crippen LogP contribution >= 0.6 is 11.3 Å². The zero-order valence-electron chi connectivity index (χ0n) is 9.86. The third-order valence-corrected chi connectivity index (χ3v) is 5.16. The van der Waals surface area contributed by atoms with Crippen molar-refractivity contribution in [3.63, 3.8) is 0 Å². The van der Waals surface area contributed by atoms with Gasteiger partial charge in [-0.05, 0) is 12.1 Å². The van der Waals surface area contributed by atoms with E-state index in [1.54, 1.807) is 0 Å². The summed E-state index contributed by atoms with van der Waals surface area (Å²) in [5.41, 5.74) is 0. The standard InChI is InChI=1S/C9H6F5N3O2S2/c10-8(11,9(12,13)14)6-2-1-5(20-6)3-21(18,19)7-15-4-16-17-7/h1-2,4H,3H2,(H,15,16,17). The molecule has 2 aromatic rings. The van der Waals surface area contributed by atoms with Crippen LogP contribution in [-0.2, 0) is 21.5 Å². The fourth-order valence-corrected chi connectivity index (χ4v) is 3.87. The Morgan fingerprint density at radius 1 is 1.19 bits per heavy atom. The molecule has 116 valence electrons. The van der Waals surface area contributed by atoms with E-state index in [-0.39, 0.29) is 16.2 Å². The summed E-state index contributed by atoms with van der Waals surface area (Å²) in [5, 5.41) is 4.93. The summed E-state index contributed by atoms with van der Waals surface area (Å²) in [7, 11) is -3.98. The second-order valence-electron chi connectivity index (χ2n) is 3.89. The summed E-state index contributed by atoms with van der Waals surface area (Å²) < 4.78 is 86.4. The first-order valence-electron chi connectivity index (χ1n) is 5.16. The molecule has 0 atom stereocenters. The van der Waals surface area contributed by atoms with Crippen LogP contribution in [0, 0.1) is 0 Å². The molecule has 0 aliphatic carbocycles. The van der Waals surface area contributed by atoms with Gasteiger partial charge in [0.2, 0.25) is 15.0 Å². The van der Waals surface area contributed by atoms with Crippen molar-refractivity contribution in [3.05, 3.63) is 28.2 Å². The maximum Gasteiger partial charge on any atom is 0.458 e. The molecular formula is C9H6F5N3O2S2. The Balaban J connectivity index is 2.26. The predicted molar refractivity (Wildman–Crippen MR) is 61.5 cm³/mol. The summed E-state index contributed by atoms with van der Waals surface area (Å²) in [6.07, 6.45) is -4.80. The summed E-state index contributed by atoms with van der Waals surface area (Å²) >= 11 is 0.0796. The minimum Gasteiger partial charge on any atom is -0.250 e. The molecule has 2 heterocycles. The molecule has 5 nitrogen and oxygen atoms in total. The largest absolute Gasteiger partial charge is 0.458 e. The zero-order valence-corrected chi connectivity index (χ0v) is 11.5. The van der Waals surface area contributed by atoms with E-state index in [4.69, 9.17) is 0 Å². The Morgan fingerprint density at radius 2 is 1.86 bits per heavy atom. The number of aromatic nitrogens is 3. The number of rotatable bonds is 4. The molecule has 1 N–H and O–H groups in total. The third kappa shape index (κ3) is 3.05. The Bertz CT molecular complexity index is 721. The number of H-pyrrole nitrogens is 1. The van der Waals surface area contributed by atoms with Crippen LogP contribution in [-0.4, -0.2) is 29.8 Å². The molecule has 0 aliphatic rings. The van der Waals surface area contributed by atoms with E-state index < -0.39 is 37.7 Å². The molecule has 0 aromatic carbocycles. The highest BCUT2D eigenvalue weighted by atomic mass is 32.2. The highest BCUT2D eigenvalue weighted by Gasteiger charge is 2.59. The molecule has 0 unspecified atom stereocenters. The lowest BCUT2D eigenvalue weighted by molar-refractivity contribution is -0.287. The predicted octanol–water partition coefficient (Wildman–Crippen LogP) is 2.49. The van der Waals surface area contributed by atoms with Gasteiger partial charge in [0.15, 0.2) is 0 Å². The number of hydrogen-bond donors (Lipinski definition) is 1. The molecule has 2 aromatic heterocycles. The van der Waals surface area contributed by atoms with Crippen LogP contribution in [0.25, 0.3) is 0 Å². The van der Waals surface area contributed by atoms with Gasteiger partial charge in [-0.1, -0.05) is 0 Å². The monoisotopic (exact) mass is 347 g/mol. The van der Waals surface area contributed by atoms with Crippen LogP contribution in [0.2, 0.25) is 0 Å². The smallest absolute Gasteiger partial charge is 0.250 e. The second kappa shape index (κ2) is 5.02. The third-order valence-electron chi connectivity index (χ3n) is 2.35. The zero-order chi connectivity index (χ0) is 15.9. The summed E-state index contributed by atoms with van der Waals surface area (Å²) in [6, 6.07) is 1.47. The van der Waals surface area contributed by atoms with Crippen molar-refractivity contribution < 1.29 is 30.4 Å². The highest BCUT2D eigenvalue weighted by molar-refractivity contribution is 7.90. The molecule has 0 amide bonds. The van der Waals surface area contributed by atoms with E-state index in [1.807, 2.05) is 0 Å². The van der Waals surface area contributed by atoms with E-state index in [2.05, 4.69) is 15.2 Å². The van der Waals surface area contributed by atoms with Gasteiger partial charge in [-0.2, -0.15) is 27.1 Å². The maximum absolute atomic E-state index is 13.1. The van der Waals surface area contributed by atoms with Crippen LogP contribution in [0.3, 0.4) is 0 Å². The molecule has 21 heavy (non-hydrogen) atoms. The van der Waals surface area contributed by atoms with Crippen molar-refractivity contribution in [1.82, 2.24) is 15.2 Å².